The first-order valence-electron chi connectivity index (χ1n) is 6.14. The minimum atomic E-state index is -2.41. The molecule has 2 rings (SSSR count). The predicted molar refractivity (Wildman–Crippen MR) is 68.3 cm³/mol. The Labute approximate surface area is 110 Å². The van der Waals surface area contributed by atoms with E-state index in [1.54, 1.807) is 0 Å². The van der Waals surface area contributed by atoms with Crippen LogP contribution in [0.2, 0.25) is 0 Å². The number of hydrogen-bond acceptors (Lipinski definition) is 3. The first-order chi connectivity index (χ1) is 9.10. The van der Waals surface area contributed by atoms with Gasteiger partial charge >= 0.3 is 0 Å². The zero-order chi connectivity index (χ0) is 13.8. The zero-order valence-electron chi connectivity index (χ0n) is 10.8. The molecule has 2 heterocycles. The summed E-state index contributed by atoms with van der Waals surface area (Å²) in [6, 6.07) is 3.87. The average molecular weight is 269 g/mol. The van der Waals surface area contributed by atoms with Crippen molar-refractivity contribution in [1.29, 1.82) is 0 Å². The van der Waals surface area contributed by atoms with Crippen molar-refractivity contribution in [3.63, 3.8) is 0 Å². The first kappa shape index (κ1) is 13.9. The van der Waals surface area contributed by atoms with Gasteiger partial charge in [-0.05, 0) is 18.6 Å². The quantitative estimate of drug-likeness (QED) is 0.868. The highest BCUT2D eigenvalue weighted by atomic mass is 19.3. The topological polar surface area (TPSA) is 40.8 Å². The van der Waals surface area contributed by atoms with Crippen molar-refractivity contribution < 1.29 is 13.9 Å². The fourth-order valence-corrected chi connectivity index (χ4v) is 2.08. The minimum Gasteiger partial charge on any atom is -0.395 e. The third-order valence-corrected chi connectivity index (χ3v) is 2.93. The normalized spacial score (nSPS) is 11.9. The van der Waals surface area contributed by atoms with Crippen LogP contribution < -0.4 is 0 Å². The molecule has 6 heteroatoms. The summed E-state index contributed by atoms with van der Waals surface area (Å²) in [6.07, 6.45) is 1.30. The first-order valence-corrected chi connectivity index (χ1v) is 6.14. The molecule has 1 N–H and O–H groups in total. The Balaban J connectivity index is 2.16. The Kier molecular flexibility index (Phi) is 4.44. The SMILES string of the molecule is Cc1cccn2cc(CN(CCO)CC(F)F)nc12. The summed E-state index contributed by atoms with van der Waals surface area (Å²) in [5.74, 6) is 0. The Morgan fingerprint density at radius 1 is 1.47 bits per heavy atom. The van der Waals surface area contributed by atoms with Crippen molar-refractivity contribution >= 4 is 5.65 Å². The third kappa shape index (κ3) is 3.48. The van der Waals surface area contributed by atoms with Gasteiger partial charge in [-0.25, -0.2) is 13.8 Å². The number of aliphatic hydroxyl groups is 1. The third-order valence-electron chi connectivity index (χ3n) is 2.93. The summed E-state index contributed by atoms with van der Waals surface area (Å²) in [7, 11) is 0. The molecule has 2 aromatic heterocycles. The summed E-state index contributed by atoms with van der Waals surface area (Å²) >= 11 is 0. The van der Waals surface area contributed by atoms with E-state index in [-0.39, 0.29) is 19.7 Å². The van der Waals surface area contributed by atoms with Gasteiger partial charge < -0.3 is 9.51 Å². The number of aryl methyl sites for hydroxylation is 1. The van der Waals surface area contributed by atoms with E-state index in [4.69, 9.17) is 5.11 Å². The van der Waals surface area contributed by atoms with Crippen molar-refractivity contribution in [2.45, 2.75) is 19.9 Å². The maximum absolute atomic E-state index is 12.4. The molecule has 0 spiro atoms. The Bertz CT molecular complexity index is 542. The summed E-state index contributed by atoms with van der Waals surface area (Å²) in [5.41, 5.74) is 2.60. The van der Waals surface area contributed by atoms with Crippen LogP contribution in [0.5, 0.6) is 0 Å². The molecule has 0 radical (unpaired) electrons. The number of hydrogen-bond donors (Lipinski definition) is 1. The van der Waals surface area contributed by atoms with Gasteiger partial charge in [-0.3, -0.25) is 4.90 Å². The van der Waals surface area contributed by atoms with E-state index in [1.807, 2.05) is 35.9 Å². The highest BCUT2D eigenvalue weighted by Gasteiger charge is 2.14. The van der Waals surface area contributed by atoms with Crippen LogP contribution in [-0.4, -0.2) is 45.5 Å². The van der Waals surface area contributed by atoms with Crippen molar-refractivity contribution in [2.75, 3.05) is 19.7 Å². The molecule has 0 atom stereocenters. The predicted octanol–water partition coefficient (Wildman–Crippen LogP) is 1.70. The second-order valence-corrected chi connectivity index (χ2v) is 4.50. The molecule has 19 heavy (non-hydrogen) atoms. The van der Waals surface area contributed by atoms with Crippen LogP contribution in [0.15, 0.2) is 24.5 Å². The summed E-state index contributed by atoms with van der Waals surface area (Å²) in [5, 5.41) is 8.90. The lowest BCUT2D eigenvalue weighted by Crippen LogP contribution is -2.31. The van der Waals surface area contributed by atoms with Crippen LogP contribution in [0.25, 0.3) is 5.65 Å². The van der Waals surface area contributed by atoms with Gasteiger partial charge in [0, 0.05) is 25.5 Å². The van der Waals surface area contributed by atoms with Gasteiger partial charge in [0.2, 0.25) is 0 Å². The Hall–Kier alpha value is -1.53. The van der Waals surface area contributed by atoms with Crippen LogP contribution in [0.1, 0.15) is 11.3 Å². The van der Waals surface area contributed by atoms with Gasteiger partial charge in [0.25, 0.3) is 6.43 Å². The Morgan fingerprint density at radius 2 is 2.26 bits per heavy atom. The number of aliphatic hydroxyl groups excluding tert-OH is 1. The van der Waals surface area contributed by atoms with E-state index in [1.165, 1.54) is 4.90 Å². The molecule has 0 aliphatic heterocycles. The van der Waals surface area contributed by atoms with Gasteiger partial charge in [0.1, 0.15) is 5.65 Å². The largest absolute Gasteiger partial charge is 0.395 e. The van der Waals surface area contributed by atoms with E-state index < -0.39 is 6.43 Å². The van der Waals surface area contributed by atoms with Gasteiger partial charge in [0.05, 0.1) is 18.8 Å². The molecule has 0 saturated carbocycles. The number of nitrogens with zero attached hydrogens (tertiary/aromatic N) is 3. The molecule has 0 saturated heterocycles. The monoisotopic (exact) mass is 269 g/mol. The maximum atomic E-state index is 12.4. The molecule has 0 aliphatic carbocycles. The highest BCUT2D eigenvalue weighted by Crippen LogP contribution is 2.12. The van der Waals surface area contributed by atoms with Crippen LogP contribution in [0.3, 0.4) is 0 Å². The van der Waals surface area contributed by atoms with E-state index in [2.05, 4.69) is 4.98 Å². The molecule has 0 unspecified atom stereocenters. The number of halogens is 2. The fourth-order valence-electron chi connectivity index (χ4n) is 2.08. The number of imidazole rings is 1. The van der Waals surface area contributed by atoms with Crippen molar-refractivity contribution in [2.24, 2.45) is 0 Å². The van der Waals surface area contributed by atoms with Crippen LogP contribution >= 0.6 is 0 Å². The lowest BCUT2D eigenvalue weighted by Gasteiger charge is -2.19. The standard InChI is InChI=1S/C13H17F2N3O/c1-10-3-2-4-18-8-11(16-13(10)18)7-17(5-6-19)9-12(14)15/h2-4,8,12,19H,5-7,9H2,1H3. The van der Waals surface area contributed by atoms with Crippen LogP contribution in [0, 0.1) is 6.92 Å². The number of alkyl halides is 2. The molecule has 0 aromatic carbocycles. The number of aromatic nitrogens is 2. The fraction of sp³-hybridized carbons (Fsp3) is 0.462. The molecule has 0 bridgehead atoms. The molecule has 0 fully saturated rings. The molecular formula is C13H17F2N3O. The molecule has 104 valence electrons. The molecule has 2 aromatic rings. The number of rotatable bonds is 6. The van der Waals surface area contributed by atoms with Crippen molar-refractivity contribution in [3.05, 3.63) is 35.8 Å². The Morgan fingerprint density at radius 3 is 2.89 bits per heavy atom. The number of pyridine rings is 1. The zero-order valence-corrected chi connectivity index (χ0v) is 10.8. The second-order valence-electron chi connectivity index (χ2n) is 4.50. The van der Waals surface area contributed by atoms with E-state index >= 15 is 0 Å². The lowest BCUT2D eigenvalue weighted by atomic mass is 10.3. The summed E-state index contributed by atoms with van der Waals surface area (Å²) in [4.78, 5) is 5.94. The van der Waals surface area contributed by atoms with Gasteiger partial charge in [0.15, 0.2) is 0 Å². The van der Waals surface area contributed by atoms with Gasteiger partial charge in [-0.2, -0.15) is 0 Å². The lowest BCUT2D eigenvalue weighted by molar-refractivity contribution is 0.0741. The number of fused-ring (bicyclic) bond motifs is 1. The summed E-state index contributed by atoms with van der Waals surface area (Å²) in [6.45, 7) is 1.99. The van der Waals surface area contributed by atoms with E-state index in [9.17, 15) is 8.78 Å². The van der Waals surface area contributed by atoms with Gasteiger partial charge in [-0.1, -0.05) is 6.07 Å². The highest BCUT2D eigenvalue weighted by molar-refractivity contribution is 5.47. The van der Waals surface area contributed by atoms with Crippen molar-refractivity contribution in [1.82, 2.24) is 14.3 Å². The smallest absolute Gasteiger partial charge is 0.251 e. The minimum absolute atomic E-state index is 0.140. The van der Waals surface area contributed by atoms with E-state index in [0.29, 0.717) is 6.54 Å². The molecule has 4 nitrogen and oxygen atoms in total. The molecule has 0 amide bonds. The summed E-state index contributed by atoms with van der Waals surface area (Å²) < 4.78 is 26.7. The van der Waals surface area contributed by atoms with Crippen molar-refractivity contribution in [3.8, 4) is 0 Å². The second kappa shape index (κ2) is 6.08. The molecular weight excluding hydrogens is 252 g/mol. The van der Waals surface area contributed by atoms with Gasteiger partial charge in [-0.15, -0.1) is 0 Å². The van der Waals surface area contributed by atoms with E-state index in [0.717, 1.165) is 16.9 Å². The average Bonchev–Trinajstić information content (AvgIpc) is 2.72. The molecule has 0 aliphatic rings. The van der Waals surface area contributed by atoms with Crippen LogP contribution in [0.4, 0.5) is 8.78 Å². The maximum Gasteiger partial charge on any atom is 0.251 e. The van der Waals surface area contributed by atoms with Crippen LogP contribution in [-0.2, 0) is 6.54 Å².